The lowest BCUT2D eigenvalue weighted by Gasteiger charge is -2.40. The largest absolute Gasteiger partial charge is 0.497 e. The number of carbonyl (C=O) groups excluding carboxylic acids is 3. The van der Waals surface area contributed by atoms with Crippen molar-refractivity contribution in [1.82, 2.24) is 9.13 Å². The van der Waals surface area contributed by atoms with Gasteiger partial charge in [-0.15, -0.1) is 0 Å². The lowest BCUT2D eigenvalue weighted by molar-refractivity contribution is -0.159. The molecule has 0 N–H and O–H groups in total. The molecule has 6 rings (SSSR count). The highest BCUT2D eigenvalue weighted by molar-refractivity contribution is 6.74. The number of rotatable bonds is 52. The van der Waals surface area contributed by atoms with Crippen LogP contribution in [0, 0.1) is 0 Å². The fraction of sp³-hybridized carbons (Fsp3) is 0.631. The summed E-state index contributed by atoms with van der Waals surface area (Å²) in [7, 11) is 0.297. The molecule has 0 radical (unpaired) electrons. The molecule has 16 heteroatoms. The third-order valence-electron chi connectivity index (χ3n) is 20.3. The molecule has 0 unspecified atom stereocenters. The Morgan fingerprint density at radius 2 is 0.910 bits per heavy atom. The summed E-state index contributed by atoms with van der Waals surface area (Å²) in [5.74, 6) is 0.289. The second-order valence-corrected chi connectivity index (χ2v) is 34.1. The van der Waals surface area contributed by atoms with Gasteiger partial charge in [-0.1, -0.05) is 282 Å². The molecule has 1 fully saturated rings. The van der Waals surface area contributed by atoms with Crippen molar-refractivity contribution in [2.75, 3.05) is 34.0 Å². The van der Waals surface area contributed by atoms with Gasteiger partial charge < -0.3 is 42.4 Å². The number of hydrogen-bond donors (Lipinski definition) is 0. The number of carbonyl (C=O) groups is 3. The Bertz CT molecular complexity index is 3140. The summed E-state index contributed by atoms with van der Waals surface area (Å²) in [6.07, 6.45) is 36.2. The van der Waals surface area contributed by atoms with Crippen molar-refractivity contribution in [3.63, 3.8) is 0 Å². The normalized spacial score (nSPS) is 15.6. The van der Waals surface area contributed by atoms with Crippen LogP contribution in [-0.2, 0) is 33.8 Å². The van der Waals surface area contributed by atoms with E-state index in [2.05, 4.69) is 34.6 Å². The van der Waals surface area contributed by atoms with Crippen LogP contribution >= 0.6 is 0 Å². The van der Waals surface area contributed by atoms with Crippen LogP contribution in [0.3, 0.4) is 0 Å². The van der Waals surface area contributed by atoms with Crippen LogP contribution in [0.1, 0.15) is 293 Å². The van der Waals surface area contributed by atoms with E-state index >= 15 is 9.59 Å². The molecule has 0 amide bonds. The van der Waals surface area contributed by atoms with Gasteiger partial charge in [0.15, 0.2) is 20.6 Å². The van der Waals surface area contributed by atoms with Crippen molar-refractivity contribution >= 4 is 26.0 Å². The van der Waals surface area contributed by atoms with E-state index in [9.17, 15) is 14.4 Å². The summed E-state index contributed by atoms with van der Waals surface area (Å²) in [6, 6.07) is 30.9. The smallest absolute Gasteiger partial charge is 0.340 e. The Morgan fingerprint density at radius 3 is 1.31 bits per heavy atom. The molecule has 0 saturated carbocycles. The molecule has 1 saturated heterocycles. The van der Waals surface area contributed by atoms with Gasteiger partial charge in [0.1, 0.15) is 46.6 Å². The van der Waals surface area contributed by atoms with Gasteiger partial charge in [-0.2, -0.15) is 4.57 Å². The Hall–Kier alpha value is -6.33. The van der Waals surface area contributed by atoms with E-state index < -0.39 is 66.6 Å². The zero-order valence-electron chi connectivity index (χ0n) is 63.1. The van der Waals surface area contributed by atoms with Crippen LogP contribution in [0.2, 0.25) is 18.1 Å². The molecule has 1 aromatic heterocycles. The van der Waals surface area contributed by atoms with Crippen LogP contribution in [0.15, 0.2) is 119 Å². The summed E-state index contributed by atoms with van der Waals surface area (Å²) in [6.45, 7) is 16.8. The van der Waals surface area contributed by atoms with E-state index in [1.807, 2.05) is 92.0 Å². The minimum atomic E-state index is -2.91. The van der Waals surface area contributed by atoms with Crippen LogP contribution in [0.25, 0.3) is 0 Å². The predicted molar refractivity (Wildman–Crippen MR) is 405 cm³/mol. The van der Waals surface area contributed by atoms with Crippen molar-refractivity contribution in [2.24, 2.45) is 0 Å². The predicted octanol–water partition coefficient (Wildman–Crippen LogP) is 20.6. The van der Waals surface area contributed by atoms with Gasteiger partial charge in [0.05, 0.1) is 40.5 Å². The van der Waals surface area contributed by atoms with Crippen molar-refractivity contribution in [2.45, 2.75) is 308 Å². The highest BCUT2D eigenvalue weighted by Crippen LogP contribution is 2.46. The Balaban J connectivity index is 1.26. The topological polar surface area (TPSA) is 169 Å². The zero-order chi connectivity index (χ0) is 72.0. The molecule has 5 aromatic rings. The summed E-state index contributed by atoms with van der Waals surface area (Å²) in [4.78, 5) is 71.5. The maximum atomic E-state index is 15.5. The molecule has 1 aliphatic rings. The molecular weight excluding hydrogens is 1270 g/mol. The van der Waals surface area contributed by atoms with Crippen molar-refractivity contribution in [1.29, 1.82) is 0 Å². The molecular formula is C84H126N2O13Si. The second-order valence-electron chi connectivity index (χ2n) is 29.4. The van der Waals surface area contributed by atoms with Crippen molar-refractivity contribution < 1.29 is 52.0 Å². The molecule has 100 heavy (non-hydrogen) atoms. The highest BCUT2D eigenvalue weighted by Gasteiger charge is 2.54. The maximum absolute atomic E-state index is 15.5. The van der Waals surface area contributed by atoms with E-state index in [1.165, 1.54) is 185 Å². The van der Waals surface area contributed by atoms with Crippen LogP contribution in [0.5, 0.6) is 23.0 Å². The Labute approximate surface area is 601 Å². The number of esters is 1. The molecule has 2 heterocycles. The van der Waals surface area contributed by atoms with E-state index in [1.54, 1.807) is 32.4 Å². The zero-order valence-corrected chi connectivity index (χ0v) is 64.1. The minimum absolute atomic E-state index is 0.0303. The lowest BCUT2D eigenvalue weighted by atomic mass is 9.80. The standard InChI is InChI=1S/C84H126N2O13Si/c1-11-13-15-17-19-21-23-25-27-29-31-33-35-37-39-44-60-94-73-62-67(63-74(64-73)95-61-45-40-38-36-34-32-30-28-26-24-22-20-18-16-14-12-2)80(90)86-76(88)58-59-85(82(86)91)81-79(99-100(9,10)83(4,5)6)78(98-77(89)57-48-66(3)87)75(97-81)65-96-84(68-46-42-41-43-47-68,69-49-53-71(92-7)54-50-69)70-51-55-72(93-8)56-52-70/h41-43,46-47,49-56,58-59,62-64,75,78-79,81H,11-40,44-45,48,57,60-61,65H2,1-10H3/t75-,78-,79-,81-/m1/s1. The first-order valence-corrected chi connectivity index (χ1v) is 41.6. The fourth-order valence-corrected chi connectivity index (χ4v) is 14.4. The van der Waals surface area contributed by atoms with Crippen molar-refractivity contribution in [3.8, 4) is 23.0 Å². The lowest BCUT2D eigenvalue weighted by Crippen LogP contribution is -2.52. The number of ketones is 1. The first-order valence-electron chi connectivity index (χ1n) is 38.7. The first kappa shape index (κ1) is 82.6. The maximum Gasteiger partial charge on any atom is 0.340 e. The van der Waals surface area contributed by atoms with Gasteiger partial charge >= 0.3 is 11.7 Å². The minimum Gasteiger partial charge on any atom is -0.497 e. The van der Waals surface area contributed by atoms with E-state index in [0.717, 1.165) is 61.3 Å². The van der Waals surface area contributed by atoms with Gasteiger partial charge in [-0.3, -0.25) is 19.0 Å². The molecule has 0 bridgehead atoms. The van der Waals surface area contributed by atoms with E-state index in [0.29, 0.717) is 40.8 Å². The molecule has 1 aliphatic heterocycles. The summed E-state index contributed by atoms with van der Waals surface area (Å²) >= 11 is 0. The molecule has 0 spiro atoms. The molecule has 4 atom stereocenters. The third-order valence-corrected chi connectivity index (χ3v) is 24.7. The number of nitrogens with zero attached hydrogens (tertiary/aromatic N) is 2. The number of aromatic nitrogens is 2. The number of methoxy groups -OCH3 is 2. The van der Waals surface area contributed by atoms with Crippen molar-refractivity contribution in [3.05, 3.63) is 152 Å². The van der Waals surface area contributed by atoms with Crippen LogP contribution in [-0.4, -0.2) is 87.5 Å². The number of benzene rings is 4. The van der Waals surface area contributed by atoms with Crippen LogP contribution < -0.4 is 30.2 Å². The molecule has 0 aliphatic carbocycles. The molecule has 4 aromatic carbocycles. The molecule has 554 valence electrons. The van der Waals surface area contributed by atoms with Gasteiger partial charge in [0.2, 0.25) is 0 Å². The monoisotopic (exact) mass is 1400 g/mol. The van der Waals surface area contributed by atoms with Gasteiger partial charge in [0, 0.05) is 30.3 Å². The number of hydrogen-bond acceptors (Lipinski definition) is 13. The van der Waals surface area contributed by atoms with Gasteiger partial charge in [-0.05, 0) is 91.0 Å². The fourth-order valence-electron chi connectivity index (χ4n) is 13.2. The highest BCUT2D eigenvalue weighted by atomic mass is 28.4. The second kappa shape index (κ2) is 44.9. The Kier molecular flexibility index (Phi) is 37.1. The molecule has 15 nitrogen and oxygen atoms in total. The van der Waals surface area contributed by atoms with Crippen LogP contribution in [0.4, 0.5) is 0 Å². The average Bonchev–Trinajstić information content (AvgIpc) is 1.41. The number of ether oxygens (including phenoxy) is 7. The summed E-state index contributed by atoms with van der Waals surface area (Å²) in [5.41, 5.74) is -0.964. The first-order chi connectivity index (χ1) is 48.4. The third kappa shape index (κ3) is 26.8. The summed E-state index contributed by atoms with van der Waals surface area (Å²) < 4.78 is 54.0. The number of unbranched alkanes of at least 4 members (excludes halogenated alkanes) is 30. The quantitative estimate of drug-likeness (QED) is 0.0156. The SMILES string of the molecule is CCCCCCCCCCCCCCCCCCOc1cc(OCCCCCCCCCCCCCCCCCC)cc(C(=O)n2c(=O)ccn([C@@H]3O[C@H](COC(c4ccccc4)(c4ccc(OC)cc4)c4ccc(OC)cc4)[C@@H](OC(=O)CCC(C)=O)[C@H]3O[Si](C)(C)C(C)(C)C)c2=O)c1. The average molecular weight is 1400 g/mol. The summed E-state index contributed by atoms with van der Waals surface area (Å²) in [5, 5.41) is -0.412. The number of Topliss-reactive ketones (excluding diaryl/α,β-unsaturated/α-hetero) is 1. The van der Waals surface area contributed by atoms with E-state index in [-0.39, 0.29) is 30.8 Å². The van der Waals surface area contributed by atoms with Gasteiger partial charge in [0.25, 0.3) is 11.5 Å². The Morgan fingerprint density at radius 1 is 0.500 bits per heavy atom. The van der Waals surface area contributed by atoms with Gasteiger partial charge in [-0.25, -0.2) is 4.79 Å². The van der Waals surface area contributed by atoms with E-state index in [4.69, 9.17) is 37.6 Å².